The number of halogens is 3. The molecule has 0 aromatic heterocycles. The summed E-state index contributed by atoms with van der Waals surface area (Å²) >= 11 is 12.2. The Morgan fingerprint density at radius 1 is 1.20 bits per heavy atom. The van der Waals surface area contributed by atoms with Crippen molar-refractivity contribution >= 4 is 28.9 Å². The van der Waals surface area contributed by atoms with E-state index in [0.29, 0.717) is 27.8 Å². The van der Waals surface area contributed by atoms with E-state index in [4.69, 9.17) is 27.9 Å². The standard InChI is InChI=1S/C15H14Cl2FNO/c1-9-6-12(17)13(7-11(9)16)19-8-10-4-3-5-14(20-2)15(10)18/h3-7,19H,8H2,1-2H3. The van der Waals surface area contributed by atoms with Crippen LogP contribution in [0.3, 0.4) is 0 Å². The van der Waals surface area contributed by atoms with Crippen molar-refractivity contribution < 1.29 is 9.13 Å². The number of anilines is 1. The van der Waals surface area contributed by atoms with E-state index < -0.39 is 0 Å². The minimum Gasteiger partial charge on any atom is -0.494 e. The molecule has 2 aromatic rings. The van der Waals surface area contributed by atoms with Gasteiger partial charge in [-0.1, -0.05) is 35.3 Å². The van der Waals surface area contributed by atoms with E-state index >= 15 is 0 Å². The van der Waals surface area contributed by atoms with Gasteiger partial charge in [0.15, 0.2) is 11.6 Å². The second-order valence-electron chi connectivity index (χ2n) is 4.37. The highest BCUT2D eigenvalue weighted by atomic mass is 35.5. The molecule has 0 radical (unpaired) electrons. The summed E-state index contributed by atoms with van der Waals surface area (Å²) in [6.45, 7) is 2.17. The molecule has 1 N–H and O–H groups in total. The number of ether oxygens (including phenoxy) is 1. The summed E-state index contributed by atoms with van der Waals surface area (Å²) in [5, 5.41) is 4.24. The van der Waals surface area contributed by atoms with Crippen LogP contribution < -0.4 is 10.1 Å². The van der Waals surface area contributed by atoms with Crippen molar-refractivity contribution in [2.45, 2.75) is 13.5 Å². The fourth-order valence-electron chi connectivity index (χ4n) is 1.82. The van der Waals surface area contributed by atoms with Crippen molar-refractivity contribution in [3.8, 4) is 5.75 Å². The molecule has 0 unspecified atom stereocenters. The van der Waals surface area contributed by atoms with E-state index in [1.54, 1.807) is 30.3 Å². The SMILES string of the molecule is COc1cccc(CNc2cc(Cl)c(C)cc2Cl)c1F. The molecule has 0 atom stereocenters. The molecule has 0 aliphatic carbocycles. The van der Waals surface area contributed by atoms with Gasteiger partial charge in [0, 0.05) is 17.1 Å². The van der Waals surface area contributed by atoms with Crippen LogP contribution in [0.5, 0.6) is 5.75 Å². The van der Waals surface area contributed by atoms with Crippen LogP contribution in [0.4, 0.5) is 10.1 Å². The van der Waals surface area contributed by atoms with Crippen molar-refractivity contribution in [3.05, 3.63) is 57.3 Å². The van der Waals surface area contributed by atoms with Gasteiger partial charge in [-0.05, 0) is 30.7 Å². The predicted molar refractivity (Wildman–Crippen MR) is 81.5 cm³/mol. The number of hydrogen-bond acceptors (Lipinski definition) is 2. The van der Waals surface area contributed by atoms with E-state index in [1.165, 1.54) is 7.11 Å². The number of aryl methyl sites for hydroxylation is 1. The van der Waals surface area contributed by atoms with Crippen LogP contribution in [0.2, 0.25) is 10.0 Å². The average Bonchev–Trinajstić information content (AvgIpc) is 2.43. The first-order chi connectivity index (χ1) is 9.52. The molecule has 2 nitrogen and oxygen atoms in total. The summed E-state index contributed by atoms with van der Waals surface area (Å²) in [4.78, 5) is 0. The Morgan fingerprint density at radius 3 is 2.65 bits per heavy atom. The molecule has 0 fully saturated rings. The van der Waals surface area contributed by atoms with Gasteiger partial charge in [-0.25, -0.2) is 4.39 Å². The zero-order valence-electron chi connectivity index (χ0n) is 11.1. The Labute approximate surface area is 127 Å². The fraction of sp³-hybridized carbons (Fsp3) is 0.200. The molecule has 20 heavy (non-hydrogen) atoms. The lowest BCUT2D eigenvalue weighted by atomic mass is 10.2. The lowest BCUT2D eigenvalue weighted by Crippen LogP contribution is -2.03. The third-order valence-electron chi connectivity index (χ3n) is 2.98. The van der Waals surface area contributed by atoms with E-state index in [2.05, 4.69) is 5.32 Å². The summed E-state index contributed by atoms with van der Waals surface area (Å²) in [7, 11) is 1.44. The summed E-state index contributed by atoms with van der Waals surface area (Å²) < 4.78 is 18.9. The van der Waals surface area contributed by atoms with Crippen LogP contribution in [0, 0.1) is 12.7 Å². The maximum Gasteiger partial charge on any atom is 0.170 e. The molecular weight excluding hydrogens is 300 g/mol. The van der Waals surface area contributed by atoms with Crippen LogP contribution in [0.15, 0.2) is 30.3 Å². The summed E-state index contributed by atoms with van der Waals surface area (Å²) in [5.41, 5.74) is 2.07. The maximum absolute atomic E-state index is 14.0. The zero-order chi connectivity index (χ0) is 14.7. The maximum atomic E-state index is 14.0. The van der Waals surface area contributed by atoms with Crippen molar-refractivity contribution in [2.24, 2.45) is 0 Å². The highest BCUT2D eigenvalue weighted by Crippen LogP contribution is 2.29. The van der Waals surface area contributed by atoms with Gasteiger partial charge < -0.3 is 10.1 Å². The third-order valence-corrected chi connectivity index (χ3v) is 3.70. The molecule has 2 aromatic carbocycles. The Bertz CT molecular complexity index is 632. The van der Waals surface area contributed by atoms with Gasteiger partial charge in [0.1, 0.15) is 0 Å². The fourth-order valence-corrected chi connectivity index (χ4v) is 2.27. The summed E-state index contributed by atoms with van der Waals surface area (Å²) in [6.07, 6.45) is 0. The second-order valence-corrected chi connectivity index (χ2v) is 5.18. The first-order valence-corrected chi connectivity index (χ1v) is 6.79. The van der Waals surface area contributed by atoms with Gasteiger partial charge >= 0.3 is 0 Å². The van der Waals surface area contributed by atoms with E-state index in [9.17, 15) is 4.39 Å². The first kappa shape index (κ1) is 14.9. The Balaban J connectivity index is 2.19. The van der Waals surface area contributed by atoms with Gasteiger partial charge in [-0.2, -0.15) is 0 Å². The Hall–Kier alpha value is -1.45. The molecule has 0 aliphatic heterocycles. The van der Waals surface area contributed by atoms with Gasteiger partial charge in [-0.15, -0.1) is 0 Å². The molecular formula is C15H14Cl2FNO. The smallest absolute Gasteiger partial charge is 0.170 e. The minimum atomic E-state index is -0.378. The van der Waals surface area contributed by atoms with Crippen molar-refractivity contribution in [1.29, 1.82) is 0 Å². The number of nitrogens with one attached hydrogen (secondary N) is 1. The molecule has 106 valence electrons. The molecule has 2 rings (SSSR count). The predicted octanol–water partition coefficient (Wildman–Crippen LogP) is 5.06. The second kappa shape index (κ2) is 6.33. The van der Waals surface area contributed by atoms with Crippen LogP contribution in [-0.4, -0.2) is 7.11 Å². The van der Waals surface area contributed by atoms with E-state index in [0.717, 1.165) is 5.56 Å². The minimum absolute atomic E-state index is 0.220. The number of rotatable bonds is 4. The summed E-state index contributed by atoms with van der Waals surface area (Å²) in [6, 6.07) is 8.51. The third kappa shape index (κ3) is 3.17. The van der Waals surface area contributed by atoms with Crippen LogP contribution in [0.25, 0.3) is 0 Å². The van der Waals surface area contributed by atoms with Gasteiger partial charge in [0.05, 0.1) is 17.8 Å². The monoisotopic (exact) mass is 313 g/mol. The highest BCUT2D eigenvalue weighted by Gasteiger charge is 2.09. The zero-order valence-corrected chi connectivity index (χ0v) is 12.6. The first-order valence-electron chi connectivity index (χ1n) is 6.04. The molecule has 0 heterocycles. The molecule has 5 heteroatoms. The lowest BCUT2D eigenvalue weighted by molar-refractivity contribution is 0.384. The normalized spacial score (nSPS) is 10.4. The average molecular weight is 314 g/mol. The highest BCUT2D eigenvalue weighted by molar-refractivity contribution is 6.35. The lowest BCUT2D eigenvalue weighted by Gasteiger charge is -2.12. The van der Waals surface area contributed by atoms with E-state index in [1.807, 2.05) is 6.92 Å². The molecule has 0 spiro atoms. The topological polar surface area (TPSA) is 21.3 Å². The van der Waals surface area contributed by atoms with E-state index in [-0.39, 0.29) is 11.6 Å². The van der Waals surface area contributed by atoms with Crippen LogP contribution in [-0.2, 0) is 6.54 Å². The van der Waals surface area contributed by atoms with Crippen molar-refractivity contribution in [2.75, 3.05) is 12.4 Å². The largest absolute Gasteiger partial charge is 0.494 e. The summed E-state index contributed by atoms with van der Waals surface area (Å²) in [5.74, 6) is -0.158. The Kier molecular flexibility index (Phi) is 4.73. The van der Waals surface area contributed by atoms with Gasteiger partial charge in [0.25, 0.3) is 0 Å². The number of benzene rings is 2. The molecule has 0 aliphatic rings. The van der Waals surface area contributed by atoms with Crippen LogP contribution >= 0.6 is 23.2 Å². The van der Waals surface area contributed by atoms with Gasteiger partial charge in [-0.3, -0.25) is 0 Å². The van der Waals surface area contributed by atoms with Crippen molar-refractivity contribution in [1.82, 2.24) is 0 Å². The number of hydrogen-bond donors (Lipinski definition) is 1. The number of methoxy groups -OCH3 is 1. The molecule has 0 saturated carbocycles. The Morgan fingerprint density at radius 2 is 1.95 bits per heavy atom. The van der Waals surface area contributed by atoms with Gasteiger partial charge in [0.2, 0.25) is 0 Å². The quantitative estimate of drug-likeness (QED) is 0.851. The molecule has 0 bridgehead atoms. The molecule has 0 saturated heterocycles. The van der Waals surface area contributed by atoms with Crippen LogP contribution in [0.1, 0.15) is 11.1 Å². The van der Waals surface area contributed by atoms with Crippen molar-refractivity contribution in [3.63, 3.8) is 0 Å². The molecule has 0 amide bonds.